The van der Waals surface area contributed by atoms with Gasteiger partial charge in [-0.2, -0.15) is 0 Å². The van der Waals surface area contributed by atoms with Gasteiger partial charge in [0.15, 0.2) is 0 Å². The lowest BCUT2D eigenvalue weighted by Crippen LogP contribution is -2.34. The van der Waals surface area contributed by atoms with Crippen LogP contribution in [0, 0.1) is 17.3 Å². The maximum Gasteiger partial charge on any atom is 0.0540 e. The van der Waals surface area contributed by atoms with E-state index in [1.807, 2.05) is 0 Å². The molecule has 0 amide bonds. The zero-order valence-corrected chi connectivity index (χ0v) is 11.6. The lowest BCUT2D eigenvalue weighted by atomic mass is 9.62. The van der Waals surface area contributed by atoms with Gasteiger partial charge in [-0.15, -0.1) is 0 Å². The summed E-state index contributed by atoms with van der Waals surface area (Å²) in [6.45, 7) is 9.38. The molecule has 0 bridgehead atoms. The van der Waals surface area contributed by atoms with E-state index in [0.29, 0.717) is 5.41 Å². The Morgan fingerprint density at radius 1 is 1.31 bits per heavy atom. The summed E-state index contributed by atoms with van der Waals surface area (Å²) in [5.41, 5.74) is 0.490. The molecule has 1 aliphatic carbocycles. The fourth-order valence-corrected chi connectivity index (χ4v) is 3.56. The fourth-order valence-electron chi connectivity index (χ4n) is 3.56. The Kier molecular flexibility index (Phi) is 5.30. The topological polar surface area (TPSA) is 20.2 Å². The second-order valence-electron chi connectivity index (χ2n) is 6.48. The zero-order valence-electron chi connectivity index (χ0n) is 11.6. The number of rotatable bonds is 5. The smallest absolute Gasteiger partial charge is 0.0540 e. The molecule has 0 aromatic heterocycles. The van der Waals surface area contributed by atoms with E-state index < -0.39 is 0 Å². The molecule has 1 fully saturated rings. The van der Waals surface area contributed by atoms with Gasteiger partial charge in [0, 0.05) is 0 Å². The van der Waals surface area contributed by atoms with Crippen LogP contribution >= 0.6 is 0 Å². The molecule has 1 heteroatoms. The highest BCUT2D eigenvalue weighted by Crippen LogP contribution is 2.46. The van der Waals surface area contributed by atoms with Crippen molar-refractivity contribution in [3.05, 3.63) is 0 Å². The molecule has 1 saturated carbocycles. The van der Waals surface area contributed by atoms with Crippen LogP contribution in [0.3, 0.4) is 0 Å². The summed E-state index contributed by atoms with van der Waals surface area (Å²) >= 11 is 0. The maximum absolute atomic E-state index is 9.84. The first-order chi connectivity index (χ1) is 7.47. The van der Waals surface area contributed by atoms with E-state index in [9.17, 15) is 5.11 Å². The molecule has 0 radical (unpaired) electrons. The molecule has 1 aliphatic rings. The highest BCUT2D eigenvalue weighted by atomic mass is 16.3. The second kappa shape index (κ2) is 6.05. The average molecular weight is 226 g/mol. The van der Waals surface area contributed by atoms with E-state index >= 15 is 0 Å². The van der Waals surface area contributed by atoms with Crippen LogP contribution < -0.4 is 0 Å². The van der Waals surface area contributed by atoms with Crippen LogP contribution in [0.25, 0.3) is 0 Å². The quantitative estimate of drug-likeness (QED) is 0.737. The molecule has 96 valence electrons. The molecule has 0 aromatic carbocycles. The minimum Gasteiger partial charge on any atom is -0.393 e. The van der Waals surface area contributed by atoms with Gasteiger partial charge in [-0.25, -0.2) is 0 Å². The van der Waals surface area contributed by atoms with Gasteiger partial charge in [0.1, 0.15) is 0 Å². The Bertz CT molecular complexity index is 198. The summed E-state index contributed by atoms with van der Waals surface area (Å²) in [6.07, 6.45) is 8.38. The van der Waals surface area contributed by atoms with Crippen molar-refractivity contribution in [1.29, 1.82) is 0 Å². The first-order valence-electron chi connectivity index (χ1n) is 7.15. The molecule has 1 N–H and O–H groups in total. The number of aliphatic hydroxyl groups excluding tert-OH is 1. The number of aliphatic hydroxyl groups is 1. The van der Waals surface area contributed by atoms with E-state index in [-0.39, 0.29) is 6.10 Å². The molecule has 0 spiro atoms. The van der Waals surface area contributed by atoms with Crippen molar-refractivity contribution in [3.63, 3.8) is 0 Å². The van der Waals surface area contributed by atoms with Crippen LogP contribution in [0.1, 0.15) is 72.6 Å². The van der Waals surface area contributed by atoms with Crippen molar-refractivity contribution in [1.82, 2.24) is 0 Å². The van der Waals surface area contributed by atoms with Gasteiger partial charge >= 0.3 is 0 Å². The van der Waals surface area contributed by atoms with Crippen LogP contribution in [0.4, 0.5) is 0 Å². The lowest BCUT2D eigenvalue weighted by molar-refractivity contribution is 0.0560. The summed E-state index contributed by atoms with van der Waals surface area (Å²) < 4.78 is 0. The highest BCUT2D eigenvalue weighted by molar-refractivity contribution is 4.86. The van der Waals surface area contributed by atoms with Gasteiger partial charge in [-0.1, -0.05) is 47.0 Å². The van der Waals surface area contributed by atoms with Crippen LogP contribution in [-0.2, 0) is 0 Å². The molecular weight excluding hydrogens is 196 g/mol. The number of hydrogen-bond acceptors (Lipinski definition) is 1. The van der Waals surface area contributed by atoms with Gasteiger partial charge < -0.3 is 5.11 Å². The molecule has 0 unspecified atom stereocenters. The normalized spacial score (nSPS) is 31.3. The monoisotopic (exact) mass is 226 g/mol. The predicted octanol–water partition coefficient (Wildman–Crippen LogP) is 4.39. The lowest BCUT2D eigenvalue weighted by Gasteiger charge is -2.43. The third kappa shape index (κ3) is 3.76. The van der Waals surface area contributed by atoms with Crippen LogP contribution in [0.5, 0.6) is 0 Å². The average Bonchev–Trinajstić information content (AvgIpc) is 2.16. The molecule has 1 nitrogen and oxygen atoms in total. The van der Waals surface area contributed by atoms with Crippen LogP contribution in [0.2, 0.25) is 0 Å². The molecule has 0 heterocycles. The molecule has 0 saturated heterocycles. The Morgan fingerprint density at radius 2 is 2.00 bits per heavy atom. The fraction of sp³-hybridized carbons (Fsp3) is 1.00. The van der Waals surface area contributed by atoms with Crippen LogP contribution in [0.15, 0.2) is 0 Å². The van der Waals surface area contributed by atoms with E-state index in [4.69, 9.17) is 0 Å². The van der Waals surface area contributed by atoms with Gasteiger partial charge in [0.25, 0.3) is 0 Å². The van der Waals surface area contributed by atoms with Gasteiger partial charge in [-0.05, 0) is 42.9 Å². The van der Waals surface area contributed by atoms with Crippen molar-refractivity contribution in [3.8, 4) is 0 Å². The second-order valence-corrected chi connectivity index (χ2v) is 6.48. The first kappa shape index (κ1) is 14.0. The third-order valence-electron chi connectivity index (χ3n) is 4.60. The summed E-state index contributed by atoms with van der Waals surface area (Å²) in [4.78, 5) is 0. The van der Waals surface area contributed by atoms with Gasteiger partial charge in [-0.3, -0.25) is 0 Å². The third-order valence-corrected chi connectivity index (χ3v) is 4.60. The van der Waals surface area contributed by atoms with Crippen LogP contribution in [-0.4, -0.2) is 11.2 Å². The summed E-state index contributed by atoms with van der Waals surface area (Å²) in [7, 11) is 0. The number of hydrogen-bond donors (Lipinski definition) is 1. The Labute approximate surface area is 102 Å². The van der Waals surface area contributed by atoms with E-state index in [2.05, 4.69) is 27.7 Å². The Hall–Kier alpha value is -0.0400. The minimum absolute atomic E-state index is 0.0603. The summed E-state index contributed by atoms with van der Waals surface area (Å²) in [6, 6.07) is 0. The standard InChI is InChI=1S/C15H30O/c1-5-7-13(16)9-10-14-12(2)8-6-11-15(14,3)4/h12-14,16H,5-11H2,1-4H3/t12-,13+,14-/m1/s1. The van der Waals surface area contributed by atoms with Gasteiger partial charge in [0.05, 0.1) is 6.10 Å². The van der Waals surface area contributed by atoms with Crippen molar-refractivity contribution < 1.29 is 5.11 Å². The van der Waals surface area contributed by atoms with Crippen molar-refractivity contribution in [2.24, 2.45) is 17.3 Å². The first-order valence-corrected chi connectivity index (χ1v) is 7.15. The Balaban J connectivity index is 2.43. The van der Waals surface area contributed by atoms with E-state index in [0.717, 1.165) is 31.1 Å². The molecular formula is C15H30O. The minimum atomic E-state index is -0.0603. The molecule has 0 aliphatic heterocycles. The summed E-state index contributed by atoms with van der Waals surface area (Å²) in [5, 5.41) is 9.84. The summed E-state index contributed by atoms with van der Waals surface area (Å²) in [5.74, 6) is 1.66. The SMILES string of the molecule is CCC[C@H](O)CC[C@@H]1[C@H](C)CCCC1(C)C. The van der Waals surface area contributed by atoms with E-state index in [1.165, 1.54) is 25.7 Å². The largest absolute Gasteiger partial charge is 0.393 e. The Morgan fingerprint density at radius 3 is 2.56 bits per heavy atom. The van der Waals surface area contributed by atoms with E-state index in [1.54, 1.807) is 0 Å². The van der Waals surface area contributed by atoms with Crippen molar-refractivity contribution in [2.75, 3.05) is 0 Å². The highest BCUT2D eigenvalue weighted by Gasteiger charge is 2.36. The molecule has 16 heavy (non-hydrogen) atoms. The van der Waals surface area contributed by atoms with Crippen molar-refractivity contribution in [2.45, 2.75) is 78.7 Å². The van der Waals surface area contributed by atoms with Gasteiger partial charge in [0.2, 0.25) is 0 Å². The zero-order chi connectivity index (χ0) is 12.2. The molecule has 1 rings (SSSR count). The van der Waals surface area contributed by atoms with Crippen molar-refractivity contribution >= 4 is 0 Å². The molecule has 0 aromatic rings. The molecule has 3 atom stereocenters. The maximum atomic E-state index is 9.84. The predicted molar refractivity (Wildman–Crippen MR) is 70.4 cm³/mol.